The molecule has 0 radical (unpaired) electrons. The van der Waals surface area contributed by atoms with Gasteiger partial charge >= 0.3 is 0 Å². The number of rotatable bonds is 3. The van der Waals surface area contributed by atoms with Gasteiger partial charge in [0.05, 0.1) is 0 Å². The Kier molecular flexibility index (Phi) is 2.19. The molecule has 0 saturated heterocycles. The molecule has 0 heterocycles. The molecule has 3 nitrogen and oxygen atoms in total. The summed E-state index contributed by atoms with van der Waals surface area (Å²) in [6.45, 7) is 0.936. The first-order valence-corrected chi connectivity index (χ1v) is 4.91. The van der Waals surface area contributed by atoms with E-state index in [-0.39, 0.29) is 0 Å². The fourth-order valence-electron chi connectivity index (χ4n) is 1.39. The van der Waals surface area contributed by atoms with Crippen LogP contribution in [0.15, 0.2) is 4.99 Å². The van der Waals surface area contributed by atoms with E-state index in [0.717, 1.165) is 12.5 Å². The Morgan fingerprint density at radius 1 is 1.33 bits per heavy atom. The van der Waals surface area contributed by atoms with Crippen molar-refractivity contribution in [2.24, 2.45) is 16.6 Å². The molecular formula is C9H17N3. The molecule has 0 aromatic carbocycles. The van der Waals surface area contributed by atoms with Crippen molar-refractivity contribution in [3.8, 4) is 0 Å². The van der Waals surface area contributed by atoms with Crippen LogP contribution in [0.3, 0.4) is 0 Å². The monoisotopic (exact) mass is 167 g/mol. The SMILES string of the molecule is NC(=NCC1CCC1)NC1CC1. The van der Waals surface area contributed by atoms with E-state index in [1.54, 1.807) is 0 Å². The molecule has 0 bridgehead atoms. The van der Waals surface area contributed by atoms with Crippen molar-refractivity contribution in [3.63, 3.8) is 0 Å². The Bertz CT molecular complexity index is 180. The van der Waals surface area contributed by atoms with Gasteiger partial charge in [0.1, 0.15) is 0 Å². The third kappa shape index (κ3) is 2.13. The van der Waals surface area contributed by atoms with Crippen LogP contribution in [0.25, 0.3) is 0 Å². The fraction of sp³-hybridized carbons (Fsp3) is 0.889. The van der Waals surface area contributed by atoms with Crippen LogP contribution < -0.4 is 11.1 Å². The van der Waals surface area contributed by atoms with E-state index in [0.29, 0.717) is 12.0 Å². The van der Waals surface area contributed by atoms with E-state index in [4.69, 9.17) is 5.73 Å². The average Bonchev–Trinajstić information content (AvgIpc) is 2.68. The molecule has 12 heavy (non-hydrogen) atoms. The highest BCUT2D eigenvalue weighted by Gasteiger charge is 2.21. The number of hydrogen-bond donors (Lipinski definition) is 2. The summed E-state index contributed by atoms with van der Waals surface area (Å²) in [4.78, 5) is 4.31. The molecule has 0 aromatic rings. The molecule has 2 saturated carbocycles. The van der Waals surface area contributed by atoms with Crippen molar-refractivity contribution in [2.45, 2.75) is 38.1 Å². The summed E-state index contributed by atoms with van der Waals surface area (Å²) in [7, 11) is 0. The highest BCUT2D eigenvalue weighted by atomic mass is 15.1. The lowest BCUT2D eigenvalue weighted by Gasteiger charge is -2.23. The topological polar surface area (TPSA) is 50.4 Å². The first-order chi connectivity index (χ1) is 5.84. The highest BCUT2D eigenvalue weighted by Crippen LogP contribution is 2.26. The number of hydrogen-bond acceptors (Lipinski definition) is 1. The summed E-state index contributed by atoms with van der Waals surface area (Å²) < 4.78 is 0. The van der Waals surface area contributed by atoms with E-state index in [9.17, 15) is 0 Å². The molecule has 68 valence electrons. The van der Waals surface area contributed by atoms with Gasteiger partial charge in [0.25, 0.3) is 0 Å². The first-order valence-electron chi connectivity index (χ1n) is 4.91. The Labute approximate surface area is 73.4 Å². The van der Waals surface area contributed by atoms with Crippen LogP contribution in [0.1, 0.15) is 32.1 Å². The van der Waals surface area contributed by atoms with Crippen LogP contribution in [0.5, 0.6) is 0 Å². The van der Waals surface area contributed by atoms with E-state index >= 15 is 0 Å². The molecule has 0 unspecified atom stereocenters. The van der Waals surface area contributed by atoms with Crippen LogP contribution >= 0.6 is 0 Å². The largest absolute Gasteiger partial charge is 0.370 e. The minimum atomic E-state index is 0.634. The molecule has 2 aliphatic carbocycles. The van der Waals surface area contributed by atoms with Gasteiger partial charge in [-0.1, -0.05) is 6.42 Å². The van der Waals surface area contributed by atoms with E-state index in [1.165, 1.54) is 32.1 Å². The average molecular weight is 167 g/mol. The molecule has 0 aromatic heterocycles. The van der Waals surface area contributed by atoms with Gasteiger partial charge in [0.2, 0.25) is 0 Å². The van der Waals surface area contributed by atoms with Gasteiger partial charge in [-0.3, -0.25) is 4.99 Å². The van der Waals surface area contributed by atoms with Gasteiger partial charge < -0.3 is 11.1 Å². The summed E-state index contributed by atoms with van der Waals surface area (Å²) in [5, 5.41) is 3.19. The number of guanidine groups is 1. The quantitative estimate of drug-likeness (QED) is 0.483. The van der Waals surface area contributed by atoms with Gasteiger partial charge in [-0.15, -0.1) is 0 Å². The Morgan fingerprint density at radius 3 is 2.58 bits per heavy atom. The molecule has 0 atom stereocenters. The van der Waals surface area contributed by atoms with Gasteiger partial charge in [0.15, 0.2) is 5.96 Å². The van der Waals surface area contributed by atoms with Crippen LogP contribution in [-0.2, 0) is 0 Å². The van der Waals surface area contributed by atoms with Crippen LogP contribution in [0.4, 0.5) is 0 Å². The summed E-state index contributed by atoms with van der Waals surface area (Å²) in [6, 6.07) is 0.634. The Morgan fingerprint density at radius 2 is 2.08 bits per heavy atom. The zero-order valence-electron chi connectivity index (χ0n) is 7.42. The van der Waals surface area contributed by atoms with Gasteiger partial charge in [-0.25, -0.2) is 0 Å². The molecule has 0 spiro atoms. The fourth-order valence-corrected chi connectivity index (χ4v) is 1.39. The maximum atomic E-state index is 5.68. The van der Waals surface area contributed by atoms with Gasteiger partial charge in [-0.2, -0.15) is 0 Å². The summed E-state index contributed by atoms with van der Waals surface area (Å²) in [5.74, 6) is 1.48. The predicted octanol–water partition coefficient (Wildman–Crippen LogP) is 0.853. The number of nitrogens with zero attached hydrogens (tertiary/aromatic N) is 1. The van der Waals surface area contributed by atoms with E-state index in [1.807, 2.05) is 0 Å². The minimum Gasteiger partial charge on any atom is -0.370 e. The Balaban J connectivity index is 1.65. The van der Waals surface area contributed by atoms with Crippen molar-refractivity contribution >= 4 is 5.96 Å². The minimum absolute atomic E-state index is 0.634. The normalized spacial score (nSPS) is 25.2. The molecule has 2 rings (SSSR count). The van der Waals surface area contributed by atoms with E-state index in [2.05, 4.69) is 10.3 Å². The zero-order chi connectivity index (χ0) is 8.39. The van der Waals surface area contributed by atoms with Crippen molar-refractivity contribution in [3.05, 3.63) is 0 Å². The summed E-state index contributed by atoms with van der Waals surface area (Å²) in [5.41, 5.74) is 5.68. The van der Waals surface area contributed by atoms with Crippen molar-refractivity contribution in [2.75, 3.05) is 6.54 Å². The van der Waals surface area contributed by atoms with E-state index < -0.39 is 0 Å². The molecule has 2 fully saturated rings. The number of nitrogens with two attached hydrogens (primary N) is 1. The standard InChI is InChI=1S/C9H17N3/c10-9(12-8-4-5-8)11-6-7-2-1-3-7/h7-8H,1-6H2,(H3,10,11,12). The first kappa shape index (κ1) is 7.90. The maximum Gasteiger partial charge on any atom is 0.188 e. The van der Waals surface area contributed by atoms with Crippen molar-refractivity contribution in [1.82, 2.24) is 5.32 Å². The Hall–Kier alpha value is -0.730. The van der Waals surface area contributed by atoms with Gasteiger partial charge in [-0.05, 0) is 31.6 Å². The molecule has 0 amide bonds. The zero-order valence-corrected chi connectivity index (χ0v) is 7.42. The maximum absolute atomic E-state index is 5.68. The number of aliphatic imine (C=N–C) groups is 1. The second-order valence-corrected chi connectivity index (χ2v) is 3.94. The predicted molar refractivity (Wildman–Crippen MR) is 50.0 cm³/mol. The third-order valence-corrected chi connectivity index (χ3v) is 2.67. The molecule has 3 N–H and O–H groups in total. The third-order valence-electron chi connectivity index (χ3n) is 2.67. The van der Waals surface area contributed by atoms with Gasteiger partial charge in [0, 0.05) is 12.6 Å². The second kappa shape index (κ2) is 3.33. The lowest BCUT2D eigenvalue weighted by atomic mass is 9.86. The van der Waals surface area contributed by atoms with Crippen molar-refractivity contribution in [1.29, 1.82) is 0 Å². The summed E-state index contributed by atoms with van der Waals surface area (Å²) in [6.07, 6.45) is 6.61. The van der Waals surface area contributed by atoms with Crippen LogP contribution in [-0.4, -0.2) is 18.5 Å². The molecule has 3 heteroatoms. The lowest BCUT2D eigenvalue weighted by molar-refractivity contribution is 0.326. The van der Waals surface area contributed by atoms with Crippen LogP contribution in [0.2, 0.25) is 0 Å². The van der Waals surface area contributed by atoms with Crippen LogP contribution in [0, 0.1) is 5.92 Å². The highest BCUT2D eigenvalue weighted by molar-refractivity contribution is 5.78. The van der Waals surface area contributed by atoms with Crippen molar-refractivity contribution < 1.29 is 0 Å². The molecular weight excluding hydrogens is 150 g/mol. The summed E-state index contributed by atoms with van der Waals surface area (Å²) >= 11 is 0. The molecule has 0 aliphatic heterocycles. The second-order valence-electron chi connectivity index (χ2n) is 3.94. The number of nitrogens with one attached hydrogen (secondary N) is 1. The smallest absolute Gasteiger partial charge is 0.188 e. The lowest BCUT2D eigenvalue weighted by Crippen LogP contribution is -2.34. The molecule has 2 aliphatic rings.